The lowest BCUT2D eigenvalue weighted by Crippen LogP contribution is -2.25. The SMILES string of the molecule is COCc1noc(CCNC(=O)c2ccc3c(c2)OCO3)n1. The molecule has 3 rings (SSSR count). The molecule has 1 aliphatic rings. The van der Waals surface area contributed by atoms with Crippen molar-refractivity contribution in [3.63, 3.8) is 0 Å². The Morgan fingerprint density at radius 2 is 2.23 bits per heavy atom. The summed E-state index contributed by atoms with van der Waals surface area (Å²) >= 11 is 0. The summed E-state index contributed by atoms with van der Waals surface area (Å²) in [4.78, 5) is 16.2. The van der Waals surface area contributed by atoms with Crippen LogP contribution >= 0.6 is 0 Å². The Kier molecular flexibility index (Phi) is 4.19. The Balaban J connectivity index is 1.51. The summed E-state index contributed by atoms with van der Waals surface area (Å²) in [6.07, 6.45) is 0.451. The predicted octanol–water partition coefficient (Wildman–Crippen LogP) is 0.917. The molecule has 0 fully saturated rings. The second kappa shape index (κ2) is 6.44. The average molecular weight is 305 g/mol. The predicted molar refractivity (Wildman–Crippen MR) is 73.6 cm³/mol. The molecule has 0 saturated heterocycles. The fourth-order valence-electron chi connectivity index (χ4n) is 2.00. The number of hydrogen-bond acceptors (Lipinski definition) is 7. The van der Waals surface area contributed by atoms with Gasteiger partial charge in [-0.3, -0.25) is 4.79 Å². The largest absolute Gasteiger partial charge is 0.454 e. The summed E-state index contributed by atoms with van der Waals surface area (Å²) in [5.41, 5.74) is 0.509. The van der Waals surface area contributed by atoms with Gasteiger partial charge >= 0.3 is 0 Å². The van der Waals surface area contributed by atoms with E-state index in [9.17, 15) is 4.79 Å². The van der Waals surface area contributed by atoms with E-state index < -0.39 is 0 Å². The smallest absolute Gasteiger partial charge is 0.251 e. The van der Waals surface area contributed by atoms with Gasteiger partial charge in [-0.05, 0) is 18.2 Å². The zero-order valence-electron chi connectivity index (χ0n) is 12.0. The van der Waals surface area contributed by atoms with Crippen LogP contribution < -0.4 is 14.8 Å². The van der Waals surface area contributed by atoms with Crippen LogP contribution in [0.2, 0.25) is 0 Å². The van der Waals surface area contributed by atoms with E-state index in [4.69, 9.17) is 18.7 Å². The molecule has 1 aliphatic heterocycles. The standard InChI is InChI=1S/C14H15N3O5/c1-19-7-12-16-13(22-17-12)4-5-15-14(18)9-2-3-10-11(6-9)21-8-20-10/h2-3,6H,4-5,7-8H2,1H3,(H,15,18). The van der Waals surface area contributed by atoms with Gasteiger partial charge in [0, 0.05) is 25.6 Å². The van der Waals surface area contributed by atoms with E-state index in [0.29, 0.717) is 48.4 Å². The average Bonchev–Trinajstić information content (AvgIpc) is 3.15. The van der Waals surface area contributed by atoms with Crippen LogP contribution in [-0.2, 0) is 17.8 Å². The van der Waals surface area contributed by atoms with Gasteiger partial charge in [0.05, 0.1) is 0 Å². The third kappa shape index (κ3) is 3.17. The summed E-state index contributed by atoms with van der Waals surface area (Å²) < 4.78 is 20.4. The van der Waals surface area contributed by atoms with Crippen LogP contribution in [0.3, 0.4) is 0 Å². The van der Waals surface area contributed by atoms with E-state index in [-0.39, 0.29) is 12.7 Å². The Morgan fingerprint density at radius 3 is 3.09 bits per heavy atom. The van der Waals surface area contributed by atoms with Crippen molar-refractivity contribution in [1.29, 1.82) is 0 Å². The van der Waals surface area contributed by atoms with Gasteiger partial charge in [-0.1, -0.05) is 5.16 Å². The number of hydrogen-bond donors (Lipinski definition) is 1. The number of carbonyl (C=O) groups is 1. The number of fused-ring (bicyclic) bond motifs is 1. The molecular formula is C14H15N3O5. The van der Waals surface area contributed by atoms with Crippen molar-refractivity contribution in [3.05, 3.63) is 35.5 Å². The van der Waals surface area contributed by atoms with Gasteiger partial charge in [0.25, 0.3) is 5.91 Å². The lowest BCUT2D eigenvalue weighted by Gasteiger charge is -2.04. The minimum absolute atomic E-state index is 0.182. The Morgan fingerprint density at radius 1 is 1.36 bits per heavy atom. The molecule has 8 heteroatoms. The number of nitrogens with one attached hydrogen (secondary N) is 1. The number of rotatable bonds is 6. The zero-order valence-corrected chi connectivity index (χ0v) is 12.0. The molecular weight excluding hydrogens is 290 g/mol. The molecule has 22 heavy (non-hydrogen) atoms. The van der Waals surface area contributed by atoms with Gasteiger partial charge in [0.15, 0.2) is 17.3 Å². The number of amides is 1. The third-order valence-electron chi connectivity index (χ3n) is 3.04. The quantitative estimate of drug-likeness (QED) is 0.847. The summed E-state index contributed by atoms with van der Waals surface area (Å²) in [5, 5.41) is 6.53. The van der Waals surface area contributed by atoms with Gasteiger partial charge in [0.2, 0.25) is 12.7 Å². The van der Waals surface area contributed by atoms with Crippen molar-refractivity contribution in [2.45, 2.75) is 13.0 Å². The number of benzene rings is 1. The van der Waals surface area contributed by atoms with Crippen molar-refractivity contribution in [2.24, 2.45) is 0 Å². The first kappa shape index (κ1) is 14.3. The van der Waals surface area contributed by atoms with Crippen LogP contribution in [0.1, 0.15) is 22.1 Å². The van der Waals surface area contributed by atoms with Gasteiger partial charge in [0.1, 0.15) is 6.61 Å². The molecule has 1 aromatic carbocycles. The molecule has 8 nitrogen and oxygen atoms in total. The van der Waals surface area contributed by atoms with E-state index >= 15 is 0 Å². The van der Waals surface area contributed by atoms with Crippen LogP contribution in [0.4, 0.5) is 0 Å². The van der Waals surface area contributed by atoms with Crippen molar-refractivity contribution in [3.8, 4) is 11.5 Å². The van der Waals surface area contributed by atoms with Crippen molar-refractivity contribution >= 4 is 5.91 Å². The molecule has 116 valence electrons. The lowest BCUT2D eigenvalue weighted by atomic mass is 10.2. The van der Waals surface area contributed by atoms with E-state index in [1.165, 1.54) is 0 Å². The summed E-state index contributed by atoms with van der Waals surface area (Å²) in [5.74, 6) is 1.97. The number of aromatic nitrogens is 2. The minimum atomic E-state index is -0.199. The Hall–Kier alpha value is -2.61. The maximum absolute atomic E-state index is 12.0. The van der Waals surface area contributed by atoms with Gasteiger partial charge in [-0.2, -0.15) is 4.98 Å². The highest BCUT2D eigenvalue weighted by Gasteiger charge is 2.16. The van der Waals surface area contributed by atoms with Crippen LogP contribution in [0.25, 0.3) is 0 Å². The summed E-state index contributed by atoms with van der Waals surface area (Å²) in [6.45, 7) is 0.871. The number of ether oxygens (including phenoxy) is 3. The summed E-state index contributed by atoms with van der Waals surface area (Å²) in [6, 6.07) is 5.06. The summed E-state index contributed by atoms with van der Waals surface area (Å²) in [7, 11) is 1.56. The molecule has 0 spiro atoms. The molecule has 0 bridgehead atoms. The zero-order chi connectivity index (χ0) is 15.4. The molecule has 1 aromatic heterocycles. The lowest BCUT2D eigenvalue weighted by molar-refractivity contribution is 0.0953. The minimum Gasteiger partial charge on any atom is -0.454 e. The molecule has 0 saturated carbocycles. The molecule has 0 radical (unpaired) electrons. The fourth-order valence-corrected chi connectivity index (χ4v) is 2.00. The molecule has 1 amide bonds. The highest BCUT2D eigenvalue weighted by molar-refractivity contribution is 5.94. The highest BCUT2D eigenvalue weighted by atomic mass is 16.7. The first-order valence-corrected chi connectivity index (χ1v) is 6.74. The Bertz CT molecular complexity index is 670. The topological polar surface area (TPSA) is 95.7 Å². The monoisotopic (exact) mass is 305 g/mol. The molecule has 0 aliphatic carbocycles. The second-order valence-electron chi connectivity index (χ2n) is 4.61. The maximum Gasteiger partial charge on any atom is 0.251 e. The number of carbonyl (C=O) groups excluding carboxylic acids is 1. The normalized spacial score (nSPS) is 12.4. The van der Waals surface area contributed by atoms with Gasteiger partial charge in [-0.25, -0.2) is 0 Å². The fraction of sp³-hybridized carbons (Fsp3) is 0.357. The van der Waals surface area contributed by atoms with Crippen LogP contribution in [0.5, 0.6) is 11.5 Å². The van der Waals surface area contributed by atoms with E-state index in [1.807, 2.05) is 0 Å². The maximum atomic E-state index is 12.0. The number of methoxy groups -OCH3 is 1. The van der Waals surface area contributed by atoms with E-state index in [0.717, 1.165) is 0 Å². The van der Waals surface area contributed by atoms with Crippen LogP contribution in [-0.4, -0.2) is 36.5 Å². The van der Waals surface area contributed by atoms with Gasteiger partial charge in [-0.15, -0.1) is 0 Å². The van der Waals surface area contributed by atoms with Gasteiger partial charge < -0.3 is 24.1 Å². The van der Waals surface area contributed by atoms with E-state index in [1.54, 1.807) is 25.3 Å². The Labute approximate surface area is 126 Å². The third-order valence-corrected chi connectivity index (χ3v) is 3.04. The first-order chi connectivity index (χ1) is 10.8. The van der Waals surface area contributed by atoms with Crippen molar-refractivity contribution in [2.75, 3.05) is 20.4 Å². The van der Waals surface area contributed by atoms with E-state index in [2.05, 4.69) is 15.5 Å². The first-order valence-electron chi connectivity index (χ1n) is 6.74. The molecule has 2 aromatic rings. The van der Waals surface area contributed by atoms with Crippen molar-refractivity contribution < 1.29 is 23.5 Å². The van der Waals surface area contributed by atoms with Crippen LogP contribution in [0, 0.1) is 0 Å². The van der Waals surface area contributed by atoms with Crippen molar-refractivity contribution in [1.82, 2.24) is 15.5 Å². The second-order valence-corrected chi connectivity index (χ2v) is 4.61. The number of nitrogens with zero attached hydrogens (tertiary/aromatic N) is 2. The molecule has 1 N–H and O–H groups in total. The van der Waals surface area contributed by atoms with Crippen LogP contribution in [0.15, 0.2) is 22.7 Å². The molecule has 2 heterocycles. The molecule has 0 unspecified atom stereocenters. The molecule has 0 atom stereocenters. The highest BCUT2D eigenvalue weighted by Crippen LogP contribution is 2.32.